The Bertz CT molecular complexity index is 973. The van der Waals surface area contributed by atoms with Crippen LogP contribution in [-0.2, 0) is 6.54 Å². The lowest BCUT2D eigenvalue weighted by Gasteiger charge is -2.32. The minimum absolute atomic E-state index is 0.644. The maximum atomic E-state index is 10.1. The molecule has 1 aliphatic rings. The first-order valence-electron chi connectivity index (χ1n) is 10.2. The van der Waals surface area contributed by atoms with E-state index in [1.165, 1.54) is 0 Å². The van der Waals surface area contributed by atoms with Crippen molar-refractivity contribution in [2.24, 2.45) is 4.99 Å². The van der Waals surface area contributed by atoms with E-state index in [9.17, 15) is 5.11 Å². The van der Waals surface area contributed by atoms with E-state index in [0.29, 0.717) is 18.7 Å². The number of amidine groups is 1. The molecule has 0 amide bonds. The van der Waals surface area contributed by atoms with Gasteiger partial charge < -0.3 is 14.7 Å². The molecule has 31 heavy (non-hydrogen) atoms. The summed E-state index contributed by atoms with van der Waals surface area (Å²) < 4.78 is 6.23. The topological polar surface area (TPSA) is 58.0 Å². The lowest BCUT2D eigenvalue weighted by molar-refractivity contribution is 0.0640. The summed E-state index contributed by atoms with van der Waals surface area (Å²) in [5.41, 5.74) is 2.18. The highest BCUT2D eigenvalue weighted by Gasteiger charge is 2.24. The number of hydrogen-bond acceptors (Lipinski definition) is 5. The number of methoxy groups -OCH3 is 1. The first kappa shape index (κ1) is 23.0. The molecule has 2 heterocycles. The molecule has 4 rings (SSSR count). The third kappa shape index (κ3) is 6.91. The van der Waals surface area contributed by atoms with Crippen LogP contribution in [0.1, 0.15) is 31.5 Å². The number of aliphatic hydroxyl groups is 1. The monoisotopic (exact) mass is 481 g/mol. The van der Waals surface area contributed by atoms with Crippen LogP contribution in [0.3, 0.4) is 0 Å². The number of fused-ring (bicyclic) bond motifs is 1. The minimum Gasteiger partial charge on any atom is -0.495 e. The van der Waals surface area contributed by atoms with Crippen molar-refractivity contribution in [2.75, 3.05) is 13.7 Å². The van der Waals surface area contributed by atoms with Gasteiger partial charge in [-0.1, -0.05) is 52.3 Å². The van der Waals surface area contributed by atoms with Crippen molar-refractivity contribution in [1.82, 2.24) is 9.88 Å². The minimum atomic E-state index is -0.726. The second-order valence-electron chi connectivity index (χ2n) is 7.93. The molecule has 162 valence electrons. The van der Waals surface area contributed by atoms with Crippen LogP contribution in [-0.4, -0.2) is 40.1 Å². The molecule has 1 aromatic heterocycles. The molecule has 5 nitrogen and oxygen atoms in total. The summed E-state index contributed by atoms with van der Waals surface area (Å²) in [6.45, 7) is 5.08. The Kier molecular flexibility index (Phi) is 7.82. The van der Waals surface area contributed by atoms with Gasteiger partial charge >= 0.3 is 0 Å². The molecule has 6 heteroatoms. The lowest BCUT2D eigenvalue weighted by atomic mass is 10.0. The molecular weight excluding hydrogens is 454 g/mol. The fourth-order valence-electron chi connectivity index (χ4n) is 3.09. The van der Waals surface area contributed by atoms with Gasteiger partial charge in [0, 0.05) is 17.6 Å². The second-order valence-corrected chi connectivity index (χ2v) is 8.85. The summed E-state index contributed by atoms with van der Waals surface area (Å²) >= 11 is 3.52. The third-order valence-corrected chi connectivity index (χ3v) is 5.28. The second kappa shape index (κ2) is 10.6. The number of rotatable bonds is 5. The molecule has 0 bridgehead atoms. The highest BCUT2D eigenvalue weighted by Crippen LogP contribution is 2.31. The molecule has 2 aromatic carbocycles. The smallest absolute Gasteiger partial charge is 0.155 e. The van der Waals surface area contributed by atoms with Crippen molar-refractivity contribution >= 4 is 27.5 Å². The van der Waals surface area contributed by atoms with Crippen LogP contribution in [0.5, 0.6) is 5.75 Å². The molecule has 0 saturated heterocycles. The highest BCUT2D eigenvalue weighted by atomic mass is 79.9. The van der Waals surface area contributed by atoms with Crippen LogP contribution < -0.4 is 4.74 Å². The standard InChI is InChI=1S/C19H22BrN3O2.C6H6/c1-19(2,24)8-9-23-12-13-10-14(20)4-6-16(13)22-18(23)17-7-5-15(25-3)11-21-17;1-2-4-6-5-3-1/h4-7,10-11,24H,8-9,12H2,1-3H3;1-6H. The maximum absolute atomic E-state index is 10.1. The van der Waals surface area contributed by atoms with Crippen molar-refractivity contribution in [3.05, 3.63) is 88.7 Å². The van der Waals surface area contributed by atoms with Gasteiger partial charge in [0.25, 0.3) is 0 Å². The van der Waals surface area contributed by atoms with Crippen molar-refractivity contribution in [1.29, 1.82) is 0 Å². The number of pyridine rings is 1. The zero-order chi connectivity index (χ0) is 22.3. The predicted octanol–water partition coefficient (Wildman–Crippen LogP) is 5.59. The number of aromatic nitrogens is 1. The number of halogens is 1. The van der Waals surface area contributed by atoms with Gasteiger partial charge in [0.05, 0.1) is 24.6 Å². The fraction of sp³-hybridized carbons (Fsp3) is 0.280. The Labute approximate surface area is 192 Å². The van der Waals surface area contributed by atoms with Crippen LogP contribution in [0, 0.1) is 0 Å². The van der Waals surface area contributed by atoms with E-state index in [-0.39, 0.29) is 0 Å². The van der Waals surface area contributed by atoms with E-state index in [4.69, 9.17) is 9.73 Å². The molecule has 0 spiro atoms. The number of aliphatic imine (C=N–C) groups is 1. The summed E-state index contributed by atoms with van der Waals surface area (Å²) in [4.78, 5) is 11.5. The number of nitrogens with zero attached hydrogens (tertiary/aromatic N) is 3. The zero-order valence-electron chi connectivity index (χ0n) is 18.1. The maximum Gasteiger partial charge on any atom is 0.155 e. The van der Waals surface area contributed by atoms with E-state index < -0.39 is 5.60 Å². The molecule has 1 aliphatic heterocycles. The molecule has 0 saturated carbocycles. The van der Waals surface area contributed by atoms with Crippen LogP contribution in [0.4, 0.5) is 5.69 Å². The van der Waals surface area contributed by atoms with Crippen molar-refractivity contribution in [3.8, 4) is 5.75 Å². The van der Waals surface area contributed by atoms with Crippen LogP contribution in [0.2, 0.25) is 0 Å². The van der Waals surface area contributed by atoms with Crippen LogP contribution in [0.15, 0.2) is 82.4 Å². The molecule has 1 N–H and O–H groups in total. The molecule has 0 aliphatic carbocycles. The van der Waals surface area contributed by atoms with Gasteiger partial charge in [-0.2, -0.15) is 0 Å². The van der Waals surface area contributed by atoms with Gasteiger partial charge in [0.1, 0.15) is 11.4 Å². The molecular formula is C25H28BrN3O2. The summed E-state index contributed by atoms with van der Waals surface area (Å²) in [6.07, 6.45) is 2.34. The molecule has 0 radical (unpaired) electrons. The molecule has 0 atom stereocenters. The van der Waals surface area contributed by atoms with Crippen molar-refractivity contribution in [2.45, 2.75) is 32.4 Å². The summed E-state index contributed by atoms with van der Waals surface area (Å²) in [7, 11) is 1.62. The van der Waals surface area contributed by atoms with E-state index >= 15 is 0 Å². The molecule has 3 aromatic rings. The SMILES string of the molecule is COc1ccc(C2=Nc3ccc(Br)cc3CN2CCC(C)(C)O)nc1.c1ccccc1. The summed E-state index contributed by atoms with van der Waals surface area (Å²) in [5.74, 6) is 1.54. The van der Waals surface area contributed by atoms with Gasteiger partial charge in [0.15, 0.2) is 5.84 Å². The van der Waals surface area contributed by atoms with E-state index in [1.807, 2.05) is 74.5 Å². The quantitative estimate of drug-likeness (QED) is 0.515. The van der Waals surface area contributed by atoms with Crippen molar-refractivity contribution < 1.29 is 9.84 Å². The Morgan fingerprint density at radius 2 is 1.74 bits per heavy atom. The zero-order valence-corrected chi connectivity index (χ0v) is 19.7. The van der Waals surface area contributed by atoms with Gasteiger partial charge in [-0.25, -0.2) is 9.98 Å². The van der Waals surface area contributed by atoms with Gasteiger partial charge in [-0.05, 0) is 56.2 Å². The Morgan fingerprint density at radius 1 is 1.06 bits per heavy atom. The number of hydrogen-bond donors (Lipinski definition) is 1. The average molecular weight is 482 g/mol. The first-order valence-corrected chi connectivity index (χ1v) is 11.0. The Morgan fingerprint density at radius 3 is 2.29 bits per heavy atom. The van der Waals surface area contributed by atoms with Gasteiger partial charge in [0.2, 0.25) is 0 Å². The third-order valence-electron chi connectivity index (χ3n) is 4.79. The highest BCUT2D eigenvalue weighted by molar-refractivity contribution is 9.10. The Balaban J connectivity index is 0.000000391. The lowest BCUT2D eigenvalue weighted by Crippen LogP contribution is -2.37. The molecule has 0 unspecified atom stereocenters. The first-order chi connectivity index (χ1) is 14.9. The Hall–Kier alpha value is -2.70. The van der Waals surface area contributed by atoms with Crippen molar-refractivity contribution in [3.63, 3.8) is 0 Å². The van der Waals surface area contributed by atoms with Crippen LogP contribution >= 0.6 is 15.9 Å². The number of benzene rings is 2. The van der Waals surface area contributed by atoms with Gasteiger partial charge in [-0.3, -0.25) is 0 Å². The van der Waals surface area contributed by atoms with E-state index in [1.54, 1.807) is 13.3 Å². The largest absolute Gasteiger partial charge is 0.495 e. The van der Waals surface area contributed by atoms with Crippen LogP contribution in [0.25, 0.3) is 0 Å². The molecule has 0 fully saturated rings. The van der Waals surface area contributed by atoms with E-state index in [2.05, 4.69) is 31.9 Å². The predicted molar refractivity (Wildman–Crippen MR) is 129 cm³/mol. The summed E-state index contributed by atoms with van der Waals surface area (Å²) in [5, 5.41) is 10.1. The number of ether oxygens (including phenoxy) is 1. The van der Waals surface area contributed by atoms with Gasteiger partial charge in [-0.15, -0.1) is 0 Å². The fourth-order valence-corrected chi connectivity index (χ4v) is 3.49. The normalized spacial score (nSPS) is 12.9. The van der Waals surface area contributed by atoms with E-state index in [0.717, 1.165) is 33.8 Å². The average Bonchev–Trinajstić information content (AvgIpc) is 2.78. The summed E-state index contributed by atoms with van der Waals surface area (Å²) in [6, 6.07) is 21.9.